The van der Waals surface area contributed by atoms with Crippen LogP contribution in [0.5, 0.6) is 11.5 Å². The van der Waals surface area contributed by atoms with Crippen molar-refractivity contribution in [2.75, 3.05) is 19.6 Å². The standard InChI is InChI=1S/C26H37Cl2N2O6P/c1-7-34-18(6)30-37(33,29-17(5)26(32)35-8-2)15-36-20-13-23(27)22(24(28)14-20)12-19-9-10-25(31)21(11-19)16(3)4/h9-11,13-14,16-18,31H,7-8,12,15H2,1-6H3,(H2,29,30,33)/t17-,18+,37?/m0/s1. The summed E-state index contributed by atoms with van der Waals surface area (Å²) in [5, 5.41) is 16.6. The summed E-state index contributed by atoms with van der Waals surface area (Å²) in [4.78, 5) is 12.1. The van der Waals surface area contributed by atoms with Gasteiger partial charge in [0, 0.05) is 23.1 Å². The number of halogens is 2. The zero-order valence-corrected chi connectivity index (χ0v) is 24.5. The molecule has 37 heavy (non-hydrogen) atoms. The molecule has 0 aliphatic rings. The molecule has 0 saturated heterocycles. The van der Waals surface area contributed by atoms with Gasteiger partial charge in [-0.15, -0.1) is 0 Å². The fourth-order valence-electron chi connectivity index (χ4n) is 3.70. The third-order valence-corrected chi connectivity index (χ3v) is 8.22. The molecule has 206 valence electrons. The first-order valence-corrected chi connectivity index (χ1v) is 14.9. The molecule has 0 heterocycles. The molecule has 0 aliphatic heterocycles. The predicted molar refractivity (Wildman–Crippen MR) is 148 cm³/mol. The Kier molecular flexibility index (Phi) is 12.2. The molecule has 0 saturated carbocycles. The number of carbonyl (C=O) groups is 1. The van der Waals surface area contributed by atoms with Gasteiger partial charge >= 0.3 is 5.97 Å². The second-order valence-electron chi connectivity index (χ2n) is 8.93. The van der Waals surface area contributed by atoms with Gasteiger partial charge in [0.15, 0.2) is 6.35 Å². The van der Waals surface area contributed by atoms with Crippen LogP contribution < -0.4 is 14.9 Å². The Balaban J connectivity index is 2.21. The summed E-state index contributed by atoms with van der Waals surface area (Å²) < 4.78 is 30.0. The average Bonchev–Trinajstić information content (AvgIpc) is 2.81. The fraction of sp³-hybridized carbons (Fsp3) is 0.500. The van der Waals surface area contributed by atoms with Gasteiger partial charge in [-0.2, -0.15) is 0 Å². The average molecular weight is 575 g/mol. The second-order valence-corrected chi connectivity index (χ2v) is 12.0. The van der Waals surface area contributed by atoms with Crippen molar-refractivity contribution >= 4 is 36.6 Å². The number of nitrogens with one attached hydrogen (secondary N) is 2. The second kappa shape index (κ2) is 14.4. The van der Waals surface area contributed by atoms with Crippen molar-refractivity contribution in [1.29, 1.82) is 0 Å². The Bertz CT molecular complexity index is 1090. The van der Waals surface area contributed by atoms with E-state index in [-0.39, 0.29) is 24.6 Å². The van der Waals surface area contributed by atoms with Crippen molar-refractivity contribution in [3.05, 3.63) is 57.1 Å². The first kappa shape index (κ1) is 31.4. The maximum absolute atomic E-state index is 13.7. The molecule has 0 fully saturated rings. The van der Waals surface area contributed by atoms with Crippen LogP contribution in [0.15, 0.2) is 30.3 Å². The van der Waals surface area contributed by atoms with Crippen LogP contribution in [0.3, 0.4) is 0 Å². The lowest BCUT2D eigenvalue weighted by molar-refractivity contribution is -0.144. The number of aromatic hydroxyl groups is 1. The molecule has 8 nitrogen and oxygen atoms in total. The van der Waals surface area contributed by atoms with Gasteiger partial charge in [0.1, 0.15) is 23.8 Å². The van der Waals surface area contributed by atoms with Crippen LogP contribution in [0, 0.1) is 0 Å². The lowest BCUT2D eigenvalue weighted by Crippen LogP contribution is -2.41. The first-order valence-electron chi connectivity index (χ1n) is 12.2. The number of carbonyl (C=O) groups excluding carboxylic acids is 1. The van der Waals surface area contributed by atoms with E-state index in [4.69, 9.17) is 37.4 Å². The molecule has 2 aromatic rings. The number of ether oxygens (including phenoxy) is 3. The largest absolute Gasteiger partial charge is 0.508 e. The van der Waals surface area contributed by atoms with Crippen LogP contribution in [0.4, 0.5) is 0 Å². The van der Waals surface area contributed by atoms with E-state index < -0.39 is 25.7 Å². The lowest BCUT2D eigenvalue weighted by Gasteiger charge is -2.27. The molecule has 2 aromatic carbocycles. The summed E-state index contributed by atoms with van der Waals surface area (Å²) in [6.45, 7) is 11.4. The van der Waals surface area contributed by atoms with Gasteiger partial charge in [0.2, 0.25) is 0 Å². The van der Waals surface area contributed by atoms with E-state index in [9.17, 15) is 14.5 Å². The molecule has 0 aromatic heterocycles. The van der Waals surface area contributed by atoms with E-state index in [2.05, 4.69) is 10.2 Å². The SMILES string of the molecule is CCOC(=O)[C@H](C)NP(=O)(COc1cc(Cl)c(Cc2ccc(O)c(C(C)C)c2)c(Cl)c1)N[C@@H](C)OCC. The quantitative estimate of drug-likeness (QED) is 0.134. The third-order valence-electron chi connectivity index (χ3n) is 5.47. The normalized spacial score (nSPS) is 14.7. The summed E-state index contributed by atoms with van der Waals surface area (Å²) in [7, 11) is -3.48. The number of benzene rings is 2. The van der Waals surface area contributed by atoms with E-state index in [1.54, 1.807) is 39.0 Å². The minimum atomic E-state index is -3.48. The highest BCUT2D eigenvalue weighted by atomic mass is 35.5. The van der Waals surface area contributed by atoms with E-state index >= 15 is 0 Å². The highest BCUT2D eigenvalue weighted by Crippen LogP contribution is 2.40. The first-order chi connectivity index (χ1) is 17.4. The molecule has 0 amide bonds. The van der Waals surface area contributed by atoms with Crippen LogP contribution in [-0.4, -0.2) is 42.9 Å². The summed E-state index contributed by atoms with van der Waals surface area (Å²) in [5.41, 5.74) is 2.50. The topological polar surface area (TPSA) is 106 Å². The van der Waals surface area contributed by atoms with E-state index in [0.29, 0.717) is 34.4 Å². The highest BCUT2D eigenvalue weighted by Gasteiger charge is 2.30. The minimum Gasteiger partial charge on any atom is -0.508 e. The maximum atomic E-state index is 13.7. The smallest absolute Gasteiger partial charge is 0.323 e. The fourth-order valence-corrected chi connectivity index (χ4v) is 6.25. The van der Waals surface area contributed by atoms with Gasteiger partial charge in [-0.3, -0.25) is 9.36 Å². The Morgan fingerprint density at radius 2 is 1.68 bits per heavy atom. The molecular weight excluding hydrogens is 538 g/mol. The van der Waals surface area contributed by atoms with Gasteiger partial charge < -0.3 is 19.3 Å². The Labute approximate surface area is 229 Å². The van der Waals surface area contributed by atoms with Gasteiger partial charge in [0.25, 0.3) is 7.44 Å². The van der Waals surface area contributed by atoms with Crippen molar-refractivity contribution in [3.63, 3.8) is 0 Å². The van der Waals surface area contributed by atoms with Crippen molar-refractivity contribution < 1.29 is 28.7 Å². The Morgan fingerprint density at radius 3 is 2.24 bits per heavy atom. The summed E-state index contributed by atoms with van der Waals surface area (Å²) in [5.74, 6) is 0.210. The molecular formula is C26H37Cl2N2O6P. The minimum absolute atomic E-state index is 0.163. The molecule has 0 bridgehead atoms. The predicted octanol–water partition coefficient (Wildman–Crippen LogP) is 6.46. The molecule has 0 radical (unpaired) electrons. The highest BCUT2D eigenvalue weighted by molar-refractivity contribution is 7.59. The summed E-state index contributed by atoms with van der Waals surface area (Å²) in [6.07, 6.45) is -0.393. The van der Waals surface area contributed by atoms with E-state index in [1.807, 2.05) is 32.9 Å². The zero-order chi connectivity index (χ0) is 27.8. The van der Waals surface area contributed by atoms with Gasteiger partial charge in [-0.1, -0.05) is 49.2 Å². The number of esters is 1. The van der Waals surface area contributed by atoms with Crippen LogP contribution in [0.25, 0.3) is 0 Å². The van der Waals surface area contributed by atoms with Crippen molar-refractivity contribution in [2.24, 2.45) is 0 Å². The van der Waals surface area contributed by atoms with Gasteiger partial charge in [-0.25, -0.2) is 10.2 Å². The van der Waals surface area contributed by atoms with Crippen LogP contribution in [-0.2, 0) is 25.3 Å². The molecule has 0 spiro atoms. The maximum Gasteiger partial charge on any atom is 0.323 e. The number of phenols is 1. The molecule has 3 N–H and O–H groups in total. The van der Waals surface area contributed by atoms with Crippen molar-refractivity contribution in [1.82, 2.24) is 10.2 Å². The van der Waals surface area contributed by atoms with Crippen LogP contribution >= 0.6 is 30.6 Å². The van der Waals surface area contributed by atoms with Gasteiger partial charge in [-0.05, 0) is 68.5 Å². The van der Waals surface area contributed by atoms with E-state index in [0.717, 1.165) is 11.1 Å². The van der Waals surface area contributed by atoms with Crippen LogP contribution in [0.1, 0.15) is 64.2 Å². The Morgan fingerprint density at radius 1 is 1.03 bits per heavy atom. The summed E-state index contributed by atoms with van der Waals surface area (Å²) in [6, 6.07) is 7.81. The molecule has 1 unspecified atom stereocenters. The lowest BCUT2D eigenvalue weighted by atomic mass is 9.96. The number of hydrogen-bond donors (Lipinski definition) is 3. The van der Waals surface area contributed by atoms with Gasteiger partial charge in [0.05, 0.1) is 6.61 Å². The molecule has 3 atom stereocenters. The number of hydrogen-bond acceptors (Lipinski definition) is 6. The monoisotopic (exact) mass is 574 g/mol. The summed E-state index contributed by atoms with van der Waals surface area (Å²) >= 11 is 13.1. The number of rotatable bonds is 14. The third kappa shape index (κ3) is 9.47. The molecule has 2 rings (SSSR count). The van der Waals surface area contributed by atoms with E-state index in [1.165, 1.54) is 0 Å². The van der Waals surface area contributed by atoms with Crippen LogP contribution in [0.2, 0.25) is 10.0 Å². The van der Waals surface area contributed by atoms with Crippen molar-refractivity contribution in [2.45, 2.75) is 66.2 Å². The number of phenolic OH excluding ortho intramolecular Hbond substituents is 1. The molecule has 11 heteroatoms. The van der Waals surface area contributed by atoms with Crippen molar-refractivity contribution in [3.8, 4) is 11.5 Å². The zero-order valence-electron chi connectivity index (χ0n) is 22.1. The Hall–Kier alpha value is -1.80. The molecule has 0 aliphatic carbocycles.